The summed E-state index contributed by atoms with van der Waals surface area (Å²) in [4.78, 5) is 10.3. The largest absolute Gasteiger partial charge is 0.478 e. The maximum absolute atomic E-state index is 10.3. The highest BCUT2D eigenvalue weighted by Crippen LogP contribution is 2.19. The summed E-state index contributed by atoms with van der Waals surface area (Å²) in [5.74, 6) is -0.809. The van der Waals surface area contributed by atoms with Crippen molar-refractivity contribution in [2.45, 2.75) is 0 Å². The molecule has 3 nitrogen and oxygen atoms in total. The first-order chi connectivity index (χ1) is 5.11. The van der Waals surface area contributed by atoms with Crippen LogP contribution < -0.4 is 0 Å². The molecule has 0 aliphatic heterocycles. The van der Waals surface area contributed by atoms with E-state index in [9.17, 15) is 4.79 Å². The Kier molecular flexibility index (Phi) is 2.14. The number of hydrogen-bond donors (Lipinski definition) is 1. The summed E-state index contributed by atoms with van der Waals surface area (Å²) in [6.45, 7) is 3.32. The van der Waals surface area contributed by atoms with Crippen LogP contribution in [0, 0.1) is 0 Å². The molecule has 0 unspecified atom stereocenters. The van der Waals surface area contributed by atoms with Gasteiger partial charge in [0.15, 0.2) is 0 Å². The van der Waals surface area contributed by atoms with E-state index in [1.165, 1.54) is 6.26 Å². The second kappa shape index (κ2) is 2.92. The van der Waals surface area contributed by atoms with Crippen LogP contribution >= 0.6 is 15.9 Å². The summed E-state index contributed by atoms with van der Waals surface area (Å²) in [5.41, 5.74) is -0.0456. The summed E-state index contributed by atoms with van der Waals surface area (Å²) in [6, 6.07) is 1.55. The van der Waals surface area contributed by atoms with Crippen LogP contribution in [0.2, 0.25) is 0 Å². The van der Waals surface area contributed by atoms with E-state index in [0.717, 1.165) is 0 Å². The fourth-order valence-corrected chi connectivity index (χ4v) is 0.878. The average Bonchev–Trinajstić information content (AvgIpc) is 2.34. The van der Waals surface area contributed by atoms with E-state index in [1.807, 2.05) is 0 Å². The van der Waals surface area contributed by atoms with E-state index in [1.54, 1.807) is 6.07 Å². The number of hydrogen-bond acceptors (Lipinski definition) is 2. The van der Waals surface area contributed by atoms with E-state index in [-0.39, 0.29) is 11.3 Å². The zero-order chi connectivity index (χ0) is 8.43. The first-order valence-corrected chi connectivity index (χ1v) is 3.57. The third kappa shape index (κ3) is 1.71. The van der Waals surface area contributed by atoms with Gasteiger partial charge in [-0.2, -0.15) is 0 Å². The summed E-state index contributed by atoms with van der Waals surface area (Å²) in [7, 11) is 0. The fraction of sp³-hybridized carbons (Fsp3) is 0. The van der Waals surface area contributed by atoms with E-state index in [0.29, 0.717) is 4.47 Å². The van der Waals surface area contributed by atoms with Crippen LogP contribution in [0.5, 0.6) is 0 Å². The molecule has 0 aliphatic rings. The molecule has 0 spiro atoms. The van der Waals surface area contributed by atoms with Gasteiger partial charge in [-0.25, -0.2) is 4.79 Å². The summed E-state index contributed by atoms with van der Waals surface area (Å²) in [6.07, 6.45) is 1.41. The highest BCUT2D eigenvalue weighted by Gasteiger charge is 2.10. The number of halogens is 1. The summed E-state index contributed by atoms with van der Waals surface area (Å²) < 4.78 is 5.56. The van der Waals surface area contributed by atoms with Crippen LogP contribution in [-0.4, -0.2) is 11.1 Å². The molecule has 0 radical (unpaired) electrons. The molecule has 0 aromatic carbocycles. The molecule has 0 saturated carbocycles. The number of carbonyl (C=O) groups is 1. The first-order valence-electron chi connectivity index (χ1n) is 2.78. The zero-order valence-electron chi connectivity index (χ0n) is 5.50. The van der Waals surface area contributed by atoms with Crippen molar-refractivity contribution >= 4 is 27.5 Å². The van der Waals surface area contributed by atoms with Gasteiger partial charge in [-0.05, 0) is 22.0 Å². The lowest BCUT2D eigenvalue weighted by Crippen LogP contribution is -1.95. The molecule has 1 rings (SSSR count). The molecule has 0 saturated heterocycles. The highest BCUT2D eigenvalue weighted by atomic mass is 79.9. The number of carboxylic acid groups (broad SMARTS) is 1. The Morgan fingerprint density at radius 3 is 2.73 bits per heavy atom. The van der Waals surface area contributed by atoms with Gasteiger partial charge in [0.2, 0.25) is 0 Å². The molecule has 1 heterocycles. The maximum atomic E-state index is 10.3. The molecule has 0 amide bonds. The van der Waals surface area contributed by atoms with Gasteiger partial charge in [0, 0.05) is 0 Å². The van der Waals surface area contributed by atoms with Crippen molar-refractivity contribution in [3.8, 4) is 0 Å². The molecule has 4 heteroatoms. The Bertz CT molecular complexity index is 300. The lowest BCUT2D eigenvalue weighted by molar-refractivity contribution is -0.130. The first kappa shape index (κ1) is 8.07. The minimum Gasteiger partial charge on any atom is -0.478 e. The normalized spacial score (nSPS) is 9.55. The molecule has 58 valence electrons. The standard InChI is InChI=1S/C7H5BrO3/c1-4(7(9)10)6-2-5(8)3-11-6/h2-3H,1H2,(H,9,10). The molecule has 1 N–H and O–H groups in total. The van der Waals surface area contributed by atoms with Crippen molar-refractivity contribution in [3.63, 3.8) is 0 Å². The van der Waals surface area contributed by atoms with Gasteiger partial charge in [-0.3, -0.25) is 0 Å². The highest BCUT2D eigenvalue weighted by molar-refractivity contribution is 9.10. The fourth-order valence-electron chi connectivity index (χ4n) is 0.577. The monoisotopic (exact) mass is 216 g/mol. The quantitative estimate of drug-likeness (QED) is 0.772. The maximum Gasteiger partial charge on any atom is 0.338 e. The van der Waals surface area contributed by atoms with Gasteiger partial charge in [0.05, 0.1) is 10.0 Å². The lowest BCUT2D eigenvalue weighted by Gasteiger charge is -1.91. The van der Waals surface area contributed by atoms with E-state index in [2.05, 4.69) is 22.5 Å². The van der Waals surface area contributed by atoms with Gasteiger partial charge in [0.1, 0.15) is 12.0 Å². The van der Waals surface area contributed by atoms with Crippen molar-refractivity contribution in [2.75, 3.05) is 0 Å². The average molecular weight is 217 g/mol. The third-order valence-corrected chi connectivity index (χ3v) is 1.54. The van der Waals surface area contributed by atoms with Gasteiger partial charge in [-0.15, -0.1) is 0 Å². The topological polar surface area (TPSA) is 50.4 Å². The van der Waals surface area contributed by atoms with Crippen LogP contribution in [0.1, 0.15) is 5.76 Å². The van der Waals surface area contributed by atoms with Crippen molar-refractivity contribution < 1.29 is 14.3 Å². The predicted molar refractivity (Wildman–Crippen MR) is 43.1 cm³/mol. The number of aliphatic carboxylic acids is 1. The minimum absolute atomic E-state index is 0.0456. The van der Waals surface area contributed by atoms with Crippen molar-refractivity contribution in [1.82, 2.24) is 0 Å². The Balaban J connectivity index is 2.94. The number of furan rings is 1. The van der Waals surface area contributed by atoms with Crippen LogP contribution in [0.25, 0.3) is 5.57 Å². The molecule has 0 aliphatic carbocycles. The van der Waals surface area contributed by atoms with Crippen LogP contribution in [0.15, 0.2) is 27.8 Å². The lowest BCUT2D eigenvalue weighted by atomic mass is 10.2. The molecule has 0 bridgehead atoms. The van der Waals surface area contributed by atoms with Gasteiger partial charge in [-0.1, -0.05) is 6.58 Å². The van der Waals surface area contributed by atoms with Gasteiger partial charge < -0.3 is 9.52 Å². The van der Waals surface area contributed by atoms with Crippen molar-refractivity contribution in [3.05, 3.63) is 29.1 Å². The third-order valence-electron chi connectivity index (χ3n) is 1.12. The summed E-state index contributed by atoms with van der Waals surface area (Å²) in [5, 5.41) is 8.47. The Morgan fingerprint density at radius 2 is 2.36 bits per heavy atom. The molecule has 0 fully saturated rings. The zero-order valence-corrected chi connectivity index (χ0v) is 7.09. The molecule has 0 atom stereocenters. The van der Waals surface area contributed by atoms with Crippen molar-refractivity contribution in [1.29, 1.82) is 0 Å². The number of carboxylic acids is 1. The van der Waals surface area contributed by atoms with E-state index < -0.39 is 5.97 Å². The summed E-state index contributed by atoms with van der Waals surface area (Å²) >= 11 is 3.12. The second-order valence-electron chi connectivity index (χ2n) is 1.91. The van der Waals surface area contributed by atoms with Gasteiger partial charge in [0.25, 0.3) is 0 Å². The Morgan fingerprint density at radius 1 is 1.73 bits per heavy atom. The molecule has 1 aromatic heterocycles. The van der Waals surface area contributed by atoms with Crippen LogP contribution in [0.3, 0.4) is 0 Å². The van der Waals surface area contributed by atoms with Crippen molar-refractivity contribution in [2.24, 2.45) is 0 Å². The Hall–Kier alpha value is -1.03. The smallest absolute Gasteiger partial charge is 0.338 e. The van der Waals surface area contributed by atoms with E-state index in [4.69, 9.17) is 9.52 Å². The molecular weight excluding hydrogens is 212 g/mol. The van der Waals surface area contributed by atoms with Crippen LogP contribution in [0.4, 0.5) is 0 Å². The number of rotatable bonds is 2. The van der Waals surface area contributed by atoms with E-state index >= 15 is 0 Å². The van der Waals surface area contributed by atoms with Crippen LogP contribution in [-0.2, 0) is 4.79 Å². The minimum atomic E-state index is -1.08. The van der Waals surface area contributed by atoms with Gasteiger partial charge >= 0.3 is 5.97 Å². The predicted octanol–water partition coefficient (Wildman–Crippen LogP) is 2.14. The second-order valence-corrected chi connectivity index (χ2v) is 2.83. The molecular formula is C7H5BrO3. The SMILES string of the molecule is C=C(C(=O)O)c1cc(Br)co1. The Labute approximate surface area is 71.5 Å². The molecule has 11 heavy (non-hydrogen) atoms. The molecule has 1 aromatic rings.